The largest absolute Gasteiger partial charge is 0.493 e. The van der Waals surface area contributed by atoms with E-state index in [-0.39, 0.29) is 12.2 Å². The molecule has 0 radical (unpaired) electrons. The van der Waals surface area contributed by atoms with Crippen LogP contribution in [0.5, 0.6) is 5.75 Å². The number of ether oxygens (including phenoxy) is 3. The molecule has 0 saturated carbocycles. The van der Waals surface area contributed by atoms with Gasteiger partial charge in [-0.2, -0.15) is 0 Å². The van der Waals surface area contributed by atoms with Gasteiger partial charge in [0.15, 0.2) is 12.1 Å². The SMILES string of the molecule is CCOc1ccccc1C(=O)CC(OCC)OCC. The first-order chi connectivity index (χ1) is 9.22. The summed E-state index contributed by atoms with van der Waals surface area (Å²) in [6.45, 7) is 7.22. The zero-order valence-corrected chi connectivity index (χ0v) is 11.8. The summed E-state index contributed by atoms with van der Waals surface area (Å²) in [4.78, 5) is 12.3. The Balaban J connectivity index is 2.75. The minimum Gasteiger partial charge on any atom is -0.493 e. The van der Waals surface area contributed by atoms with E-state index in [2.05, 4.69) is 0 Å². The molecule has 1 rings (SSSR count). The average Bonchev–Trinajstić information content (AvgIpc) is 2.40. The number of Topliss-reactive ketones (excluding diaryl/α,β-unsaturated/α-hetero) is 1. The molecule has 19 heavy (non-hydrogen) atoms. The third-order valence-electron chi connectivity index (χ3n) is 2.54. The summed E-state index contributed by atoms with van der Waals surface area (Å²) in [5.74, 6) is 0.581. The molecule has 0 spiro atoms. The Morgan fingerprint density at radius 2 is 1.68 bits per heavy atom. The number of hydrogen-bond acceptors (Lipinski definition) is 4. The van der Waals surface area contributed by atoms with E-state index in [9.17, 15) is 4.79 Å². The van der Waals surface area contributed by atoms with E-state index in [1.807, 2.05) is 32.9 Å². The molecule has 0 aromatic heterocycles. The third-order valence-corrected chi connectivity index (χ3v) is 2.54. The first kappa shape index (κ1) is 15.7. The predicted molar refractivity (Wildman–Crippen MR) is 73.6 cm³/mol. The maximum atomic E-state index is 12.3. The van der Waals surface area contributed by atoms with Gasteiger partial charge in [-0.25, -0.2) is 0 Å². The van der Waals surface area contributed by atoms with Crippen molar-refractivity contribution >= 4 is 5.78 Å². The van der Waals surface area contributed by atoms with E-state index in [0.29, 0.717) is 31.1 Å². The van der Waals surface area contributed by atoms with Gasteiger partial charge in [0.05, 0.1) is 18.6 Å². The smallest absolute Gasteiger partial charge is 0.171 e. The van der Waals surface area contributed by atoms with E-state index in [1.165, 1.54) is 0 Å². The Labute approximate surface area is 114 Å². The maximum absolute atomic E-state index is 12.3. The topological polar surface area (TPSA) is 44.8 Å². The summed E-state index contributed by atoms with van der Waals surface area (Å²) < 4.78 is 16.2. The number of rotatable bonds is 9. The summed E-state index contributed by atoms with van der Waals surface area (Å²) >= 11 is 0. The van der Waals surface area contributed by atoms with Crippen molar-refractivity contribution in [1.29, 1.82) is 0 Å². The molecule has 0 fully saturated rings. The highest BCUT2D eigenvalue weighted by atomic mass is 16.7. The molecule has 1 aromatic carbocycles. The molecule has 0 atom stereocenters. The molecule has 4 heteroatoms. The van der Waals surface area contributed by atoms with Crippen LogP contribution in [0.15, 0.2) is 24.3 Å². The number of hydrogen-bond donors (Lipinski definition) is 0. The summed E-state index contributed by atoms with van der Waals surface area (Å²) in [7, 11) is 0. The van der Waals surface area contributed by atoms with Crippen molar-refractivity contribution in [3.63, 3.8) is 0 Å². The Morgan fingerprint density at radius 1 is 1.05 bits per heavy atom. The van der Waals surface area contributed by atoms with E-state index >= 15 is 0 Å². The van der Waals surface area contributed by atoms with Crippen LogP contribution in [0.1, 0.15) is 37.6 Å². The summed E-state index contributed by atoms with van der Waals surface area (Å²) in [6, 6.07) is 7.24. The summed E-state index contributed by atoms with van der Waals surface area (Å²) in [5, 5.41) is 0. The zero-order chi connectivity index (χ0) is 14.1. The number of para-hydroxylation sites is 1. The maximum Gasteiger partial charge on any atom is 0.171 e. The molecule has 0 N–H and O–H groups in total. The highest BCUT2D eigenvalue weighted by Crippen LogP contribution is 2.21. The second-order valence-corrected chi connectivity index (χ2v) is 3.90. The monoisotopic (exact) mass is 266 g/mol. The number of benzene rings is 1. The second-order valence-electron chi connectivity index (χ2n) is 3.90. The van der Waals surface area contributed by atoms with Crippen LogP contribution in [-0.2, 0) is 9.47 Å². The molecule has 0 aliphatic rings. The van der Waals surface area contributed by atoms with Crippen LogP contribution >= 0.6 is 0 Å². The summed E-state index contributed by atoms with van der Waals surface area (Å²) in [6.07, 6.45) is -0.289. The van der Waals surface area contributed by atoms with Gasteiger partial charge >= 0.3 is 0 Å². The van der Waals surface area contributed by atoms with Gasteiger partial charge in [-0.15, -0.1) is 0 Å². The standard InChI is InChI=1S/C15H22O4/c1-4-17-14-10-8-7-9-12(14)13(16)11-15(18-5-2)19-6-3/h7-10,15H,4-6,11H2,1-3H3. The van der Waals surface area contributed by atoms with Gasteiger partial charge in [-0.1, -0.05) is 12.1 Å². The molecule has 0 saturated heterocycles. The highest BCUT2D eigenvalue weighted by Gasteiger charge is 2.18. The highest BCUT2D eigenvalue weighted by molar-refractivity contribution is 5.98. The van der Waals surface area contributed by atoms with E-state index in [4.69, 9.17) is 14.2 Å². The van der Waals surface area contributed by atoms with E-state index in [0.717, 1.165) is 0 Å². The second kappa shape index (κ2) is 8.67. The van der Waals surface area contributed by atoms with Crippen LogP contribution in [0, 0.1) is 0 Å². The fraction of sp³-hybridized carbons (Fsp3) is 0.533. The van der Waals surface area contributed by atoms with Crippen LogP contribution in [0.25, 0.3) is 0 Å². The molecule has 0 amide bonds. The van der Waals surface area contributed by atoms with Crippen LogP contribution in [0.4, 0.5) is 0 Å². The minimum atomic E-state index is -0.489. The fourth-order valence-electron chi connectivity index (χ4n) is 1.78. The van der Waals surface area contributed by atoms with Crippen molar-refractivity contribution in [1.82, 2.24) is 0 Å². The van der Waals surface area contributed by atoms with Crippen LogP contribution < -0.4 is 4.74 Å². The average molecular weight is 266 g/mol. The van der Waals surface area contributed by atoms with Gasteiger partial charge in [0.2, 0.25) is 0 Å². The Bertz CT molecular complexity index is 383. The lowest BCUT2D eigenvalue weighted by Gasteiger charge is -2.17. The molecule has 1 aromatic rings. The van der Waals surface area contributed by atoms with Gasteiger partial charge in [0.1, 0.15) is 5.75 Å². The minimum absolute atomic E-state index is 0.0315. The van der Waals surface area contributed by atoms with Crippen molar-refractivity contribution in [2.24, 2.45) is 0 Å². The van der Waals surface area contributed by atoms with Crippen molar-refractivity contribution in [3.8, 4) is 5.75 Å². The molecule has 4 nitrogen and oxygen atoms in total. The first-order valence-electron chi connectivity index (χ1n) is 6.71. The van der Waals surface area contributed by atoms with Crippen LogP contribution in [0.3, 0.4) is 0 Å². The fourth-order valence-corrected chi connectivity index (χ4v) is 1.78. The third kappa shape index (κ3) is 5.01. The molecular weight excluding hydrogens is 244 g/mol. The van der Waals surface area contributed by atoms with Gasteiger partial charge in [0, 0.05) is 13.2 Å². The Hall–Kier alpha value is -1.39. The molecule has 0 unspecified atom stereocenters. The van der Waals surface area contributed by atoms with Gasteiger partial charge in [-0.3, -0.25) is 4.79 Å². The van der Waals surface area contributed by atoms with Gasteiger partial charge in [0.25, 0.3) is 0 Å². The lowest BCUT2D eigenvalue weighted by Crippen LogP contribution is -2.21. The first-order valence-corrected chi connectivity index (χ1v) is 6.71. The lowest BCUT2D eigenvalue weighted by molar-refractivity contribution is -0.133. The van der Waals surface area contributed by atoms with Crippen molar-refractivity contribution in [2.45, 2.75) is 33.5 Å². The number of carbonyl (C=O) groups excluding carboxylic acids is 1. The Morgan fingerprint density at radius 3 is 2.26 bits per heavy atom. The molecule has 0 aliphatic carbocycles. The van der Waals surface area contributed by atoms with Crippen molar-refractivity contribution in [2.75, 3.05) is 19.8 Å². The van der Waals surface area contributed by atoms with E-state index < -0.39 is 6.29 Å². The molecular formula is C15H22O4. The normalized spacial score (nSPS) is 10.7. The molecule has 106 valence electrons. The summed E-state index contributed by atoms with van der Waals surface area (Å²) in [5.41, 5.74) is 0.578. The molecule has 0 bridgehead atoms. The lowest BCUT2D eigenvalue weighted by atomic mass is 10.1. The van der Waals surface area contributed by atoms with Crippen LogP contribution in [-0.4, -0.2) is 31.9 Å². The van der Waals surface area contributed by atoms with Crippen molar-refractivity contribution in [3.05, 3.63) is 29.8 Å². The predicted octanol–water partition coefficient (Wildman–Crippen LogP) is 3.06. The molecule has 0 heterocycles. The van der Waals surface area contributed by atoms with E-state index in [1.54, 1.807) is 12.1 Å². The Kier molecular flexibility index (Phi) is 7.15. The van der Waals surface area contributed by atoms with Gasteiger partial charge < -0.3 is 14.2 Å². The van der Waals surface area contributed by atoms with Gasteiger partial charge in [-0.05, 0) is 32.9 Å². The van der Waals surface area contributed by atoms with Crippen LogP contribution in [0.2, 0.25) is 0 Å². The molecule has 0 aliphatic heterocycles. The quantitative estimate of drug-likeness (QED) is 0.509. The van der Waals surface area contributed by atoms with Crippen molar-refractivity contribution < 1.29 is 19.0 Å². The number of ketones is 1. The number of carbonyl (C=O) groups is 1. The zero-order valence-electron chi connectivity index (χ0n) is 11.8.